The van der Waals surface area contributed by atoms with Gasteiger partial charge < -0.3 is 10.4 Å². The number of carbonyl (C=O) groups is 1. The summed E-state index contributed by atoms with van der Waals surface area (Å²) in [6, 6.07) is 3.17. The molecule has 124 valence electrons. The van der Waals surface area contributed by atoms with Gasteiger partial charge in [-0.2, -0.15) is 5.10 Å². The van der Waals surface area contributed by atoms with Gasteiger partial charge in [-0.3, -0.25) is 5.32 Å². The Labute approximate surface area is 132 Å². The quantitative estimate of drug-likeness (QED) is 0.780. The number of urea groups is 1. The molecule has 1 heterocycles. The molecule has 0 spiro atoms. The summed E-state index contributed by atoms with van der Waals surface area (Å²) in [5.41, 5.74) is -0.158. The van der Waals surface area contributed by atoms with Crippen molar-refractivity contribution in [2.75, 3.05) is 11.9 Å². The highest BCUT2D eigenvalue weighted by molar-refractivity contribution is 5.88. The van der Waals surface area contributed by atoms with E-state index in [1.54, 1.807) is 13.0 Å². The van der Waals surface area contributed by atoms with Crippen LogP contribution in [0, 0.1) is 5.92 Å². The van der Waals surface area contributed by atoms with Gasteiger partial charge in [-0.1, -0.05) is 41.0 Å². The van der Waals surface area contributed by atoms with E-state index in [1.807, 2.05) is 40.7 Å². The maximum atomic E-state index is 11.9. The van der Waals surface area contributed by atoms with E-state index in [0.717, 1.165) is 12.1 Å². The molecule has 6 nitrogen and oxygen atoms in total. The molecule has 0 aromatic carbocycles. The predicted octanol–water partition coefficient (Wildman–Crippen LogP) is 2.69. The molecule has 0 saturated heterocycles. The fourth-order valence-electron chi connectivity index (χ4n) is 1.83. The van der Waals surface area contributed by atoms with E-state index in [0.29, 0.717) is 5.82 Å². The summed E-state index contributed by atoms with van der Waals surface area (Å²) in [5, 5.41) is 23.6. The smallest absolute Gasteiger partial charge is 0.320 e. The molecule has 2 atom stereocenters. The normalized spacial score (nSPS) is 15.8. The highest BCUT2D eigenvalue weighted by atomic mass is 16.3. The van der Waals surface area contributed by atoms with Crippen molar-refractivity contribution in [1.29, 1.82) is 0 Å². The number of hydrogen-bond acceptors (Lipinski definition) is 4. The molecule has 2 amide bonds. The van der Waals surface area contributed by atoms with Crippen LogP contribution in [-0.2, 0) is 5.41 Å². The summed E-state index contributed by atoms with van der Waals surface area (Å²) < 4.78 is 0. The second kappa shape index (κ2) is 7.05. The molecule has 0 radical (unpaired) electrons. The summed E-state index contributed by atoms with van der Waals surface area (Å²) in [6.45, 7) is 12.0. The zero-order valence-corrected chi connectivity index (χ0v) is 14.4. The third kappa shape index (κ3) is 5.26. The van der Waals surface area contributed by atoms with Crippen LogP contribution >= 0.6 is 0 Å². The Morgan fingerprint density at radius 1 is 1.27 bits per heavy atom. The fourth-order valence-corrected chi connectivity index (χ4v) is 1.83. The summed E-state index contributed by atoms with van der Waals surface area (Å²) >= 11 is 0. The predicted molar refractivity (Wildman–Crippen MR) is 87.8 cm³/mol. The molecule has 2 unspecified atom stereocenters. The summed E-state index contributed by atoms with van der Waals surface area (Å²) in [5.74, 6) is 0.479. The lowest BCUT2D eigenvalue weighted by Gasteiger charge is -2.29. The average molecular weight is 308 g/mol. The van der Waals surface area contributed by atoms with Crippen molar-refractivity contribution in [3.05, 3.63) is 17.8 Å². The minimum atomic E-state index is -0.937. The molecule has 3 N–H and O–H groups in total. The topological polar surface area (TPSA) is 87.1 Å². The monoisotopic (exact) mass is 308 g/mol. The summed E-state index contributed by atoms with van der Waals surface area (Å²) in [4.78, 5) is 11.9. The van der Waals surface area contributed by atoms with Crippen LogP contribution in [-0.4, -0.2) is 33.5 Å². The van der Waals surface area contributed by atoms with Crippen molar-refractivity contribution in [2.45, 2.75) is 59.0 Å². The SMILES string of the molecule is CCC(C)C(C)(O)CNC(=O)Nc1ccc(C(C)(C)C)nn1. The number of anilines is 1. The Morgan fingerprint density at radius 3 is 2.36 bits per heavy atom. The Hall–Kier alpha value is -1.69. The number of rotatable bonds is 5. The van der Waals surface area contributed by atoms with Crippen LogP contribution in [0.5, 0.6) is 0 Å². The van der Waals surface area contributed by atoms with E-state index >= 15 is 0 Å². The summed E-state index contributed by atoms with van der Waals surface area (Å²) in [6.07, 6.45) is 0.843. The average Bonchev–Trinajstić information content (AvgIpc) is 2.44. The van der Waals surface area contributed by atoms with Crippen LogP contribution < -0.4 is 10.6 Å². The molecular weight excluding hydrogens is 280 g/mol. The maximum Gasteiger partial charge on any atom is 0.320 e. The van der Waals surface area contributed by atoms with Gasteiger partial charge in [-0.25, -0.2) is 4.79 Å². The lowest BCUT2D eigenvalue weighted by molar-refractivity contribution is 0.00826. The molecular formula is C16H28N4O2. The molecule has 1 rings (SSSR count). The van der Waals surface area contributed by atoms with Crippen LogP contribution in [0.25, 0.3) is 0 Å². The van der Waals surface area contributed by atoms with E-state index in [1.165, 1.54) is 0 Å². The number of nitrogens with zero attached hydrogens (tertiary/aromatic N) is 2. The van der Waals surface area contributed by atoms with Gasteiger partial charge in [-0.05, 0) is 25.0 Å². The highest BCUT2D eigenvalue weighted by Crippen LogP contribution is 2.20. The molecule has 0 saturated carbocycles. The van der Waals surface area contributed by atoms with Gasteiger partial charge in [0, 0.05) is 12.0 Å². The fraction of sp³-hybridized carbons (Fsp3) is 0.688. The van der Waals surface area contributed by atoms with Crippen LogP contribution in [0.1, 0.15) is 53.7 Å². The lowest BCUT2D eigenvalue weighted by atomic mass is 9.89. The van der Waals surface area contributed by atoms with Gasteiger partial charge in [-0.15, -0.1) is 5.10 Å². The molecule has 0 aliphatic rings. The first-order chi connectivity index (χ1) is 10.1. The van der Waals surface area contributed by atoms with Crippen LogP contribution in [0.4, 0.5) is 10.6 Å². The molecule has 0 aliphatic heterocycles. The number of amides is 2. The number of carbonyl (C=O) groups excluding carboxylic acids is 1. The Bertz CT molecular complexity index is 492. The number of aliphatic hydroxyl groups is 1. The van der Waals surface area contributed by atoms with Crippen molar-refractivity contribution in [3.63, 3.8) is 0 Å². The third-order valence-corrected chi connectivity index (χ3v) is 3.96. The van der Waals surface area contributed by atoms with Gasteiger partial charge >= 0.3 is 6.03 Å². The van der Waals surface area contributed by atoms with Crippen molar-refractivity contribution in [2.24, 2.45) is 5.92 Å². The van der Waals surface area contributed by atoms with Crippen LogP contribution in [0.3, 0.4) is 0 Å². The second-order valence-corrected chi connectivity index (χ2v) is 7.03. The lowest BCUT2D eigenvalue weighted by Crippen LogP contribution is -2.46. The van der Waals surface area contributed by atoms with Crippen LogP contribution in [0.2, 0.25) is 0 Å². The Kier molecular flexibility index (Phi) is 5.88. The number of aromatic nitrogens is 2. The van der Waals surface area contributed by atoms with Gasteiger partial charge in [0.2, 0.25) is 0 Å². The highest BCUT2D eigenvalue weighted by Gasteiger charge is 2.27. The third-order valence-electron chi connectivity index (χ3n) is 3.96. The van der Waals surface area contributed by atoms with Crippen molar-refractivity contribution >= 4 is 11.8 Å². The van der Waals surface area contributed by atoms with E-state index < -0.39 is 11.6 Å². The van der Waals surface area contributed by atoms with Gasteiger partial charge in [0.25, 0.3) is 0 Å². The molecule has 1 aromatic heterocycles. The van der Waals surface area contributed by atoms with Crippen LogP contribution in [0.15, 0.2) is 12.1 Å². The van der Waals surface area contributed by atoms with Gasteiger partial charge in [0.05, 0.1) is 11.3 Å². The molecule has 1 aromatic rings. The molecule has 22 heavy (non-hydrogen) atoms. The first-order valence-electron chi connectivity index (χ1n) is 7.67. The first-order valence-corrected chi connectivity index (χ1v) is 7.67. The first kappa shape index (κ1) is 18.4. The van der Waals surface area contributed by atoms with E-state index in [9.17, 15) is 9.90 Å². The van der Waals surface area contributed by atoms with E-state index in [-0.39, 0.29) is 17.9 Å². The largest absolute Gasteiger partial charge is 0.388 e. The number of nitrogens with one attached hydrogen (secondary N) is 2. The van der Waals surface area contributed by atoms with E-state index in [4.69, 9.17) is 0 Å². The van der Waals surface area contributed by atoms with Gasteiger partial charge in [0.1, 0.15) is 0 Å². The maximum absolute atomic E-state index is 11.9. The van der Waals surface area contributed by atoms with Crippen molar-refractivity contribution < 1.29 is 9.90 Å². The minimum absolute atomic E-state index is 0.0806. The second-order valence-electron chi connectivity index (χ2n) is 7.03. The molecule has 0 aliphatic carbocycles. The Balaban J connectivity index is 2.56. The van der Waals surface area contributed by atoms with Gasteiger partial charge in [0.15, 0.2) is 5.82 Å². The standard InChI is InChI=1S/C16H28N4O2/c1-7-11(2)16(6,22)10-17-14(21)18-13-9-8-12(19-20-13)15(3,4)5/h8-9,11,22H,7,10H2,1-6H3,(H2,17,18,20,21). The number of hydrogen-bond donors (Lipinski definition) is 3. The van der Waals surface area contributed by atoms with Crippen molar-refractivity contribution in [3.8, 4) is 0 Å². The minimum Gasteiger partial charge on any atom is -0.388 e. The molecule has 0 bridgehead atoms. The zero-order valence-electron chi connectivity index (χ0n) is 14.4. The zero-order chi connectivity index (χ0) is 17.0. The van der Waals surface area contributed by atoms with E-state index in [2.05, 4.69) is 20.8 Å². The molecule has 6 heteroatoms. The molecule has 0 fully saturated rings. The summed E-state index contributed by atoms with van der Waals surface area (Å²) in [7, 11) is 0. The van der Waals surface area contributed by atoms with Crippen molar-refractivity contribution in [1.82, 2.24) is 15.5 Å². The Morgan fingerprint density at radius 2 is 1.91 bits per heavy atom.